The lowest BCUT2D eigenvalue weighted by atomic mass is 10.0. The monoisotopic (exact) mass is 383 g/mol. The minimum Gasteiger partial charge on any atom is -0.238 e. The molecule has 1 N–H and O–H groups in total. The van der Waals surface area contributed by atoms with Gasteiger partial charge in [0.05, 0.1) is 11.4 Å². The number of para-hydroxylation sites is 1. The molecule has 142 valence electrons. The van der Waals surface area contributed by atoms with Crippen LogP contribution >= 0.6 is 0 Å². The molecule has 0 bridgehead atoms. The zero-order valence-electron chi connectivity index (χ0n) is 15.6. The van der Waals surface area contributed by atoms with E-state index in [1.165, 1.54) is 5.69 Å². The Morgan fingerprint density at radius 3 is 2.33 bits per heavy atom. The van der Waals surface area contributed by atoms with E-state index in [0.717, 1.165) is 28.9 Å². The zero-order chi connectivity index (χ0) is 19.2. The van der Waals surface area contributed by atoms with Gasteiger partial charge in [0, 0.05) is 18.7 Å². The number of nitrogens with one attached hydrogen (secondary N) is 1. The minimum atomic E-state index is -2.61. The summed E-state index contributed by atoms with van der Waals surface area (Å²) in [6, 6.07) is 20.2. The molecule has 0 spiro atoms. The molecule has 5 nitrogen and oxygen atoms in total. The molecule has 0 amide bonds. The third kappa shape index (κ3) is 5.28. The molecule has 0 aliphatic heterocycles. The second kappa shape index (κ2) is 8.97. The van der Waals surface area contributed by atoms with Gasteiger partial charge < -0.3 is 0 Å². The van der Waals surface area contributed by atoms with E-state index < -0.39 is 10.9 Å². The van der Waals surface area contributed by atoms with E-state index >= 15 is 0 Å². The number of hydrogen-bond donors (Lipinski definition) is 2. The van der Waals surface area contributed by atoms with Crippen LogP contribution in [0.5, 0.6) is 0 Å². The summed E-state index contributed by atoms with van der Waals surface area (Å²) in [6.45, 7) is 4.70. The Labute approximate surface area is 162 Å². The van der Waals surface area contributed by atoms with E-state index in [1.807, 2.05) is 47.1 Å². The molecule has 0 unspecified atom stereocenters. The summed E-state index contributed by atoms with van der Waals surface area (Å²) in [7, 11) is -2.61. The largest absolute Gasteiger partial charge is 0.238 e. The van der Waals surface area contributed by atoms with Gasteiger partial charge in [-0.1, -0.05) is 56.3 Å². The van der Waals surface area contributed by atoms with E-state index in [-0.39, 0.29) is 0 Å². The van der Waals surface area contributed by atoms with E-state index in [4.69, 9.17) is 5.10 Å². The van der Waals surface area contributed by atoms with Crippen molar-refractivity contribution in [1.29, 1.82) is 0 Å². The molecule has 0 saturated heterocycles. The van der Waals surface area contributed by atoms with Gasteiger partial charge in [-0.15, -0.1) is 0 Å². The highest BCUT2D eigenvalue weighted by Gasteiger charge is 2.13. The van der Waals surface area contributed by atoms with Gasteiger partial charge in [0.2, 0.25) is 10.9 Å². The maximum absolute atomic E-state index is 10.9. The van der Waals surface area contributed by atoms with Crippen LogP contribution in [-0.4, -0.2) is 18.2 Å². The lowest BCUT2D eigenvalue weighted by molar-refractivity contribution is 0.601. The molecule has 0 fully saturated rings. The fourth-order valence-electron chi connectivity index (χ4n) is 3.17. The van der Waals surface area contributed by atoms with Crippen LogP contribution in [0.2, 0.25) is 0 Å². The molecule has 0 aliphatic carbocycles. The van der Waals surface area contributed by atoms with Gasteiger partial charge in [-0.05, 0) is 41.7 Å². The summed E-state index contributed by atoms with van der Waals surface area (Å²) in [5.74, 6) is 0.529. The summed E-state index contributed by atoms with van der Waals surface area (Å²) in [5, 5.41) is 4.84. The molecule has 0 saturated carbocycles. The Hall–Kier alpha value is -2.44. The van der Waals surface area contributed by atoms with E-state index in [2.05, 4.69) is 36.8 Å². The smallest absolute Gasteiger partial charge is 0.201 e. The minimum absolute atomic E-state index is 0.299. The van der Waals surface area contributed by atoms with Crippen molar-refractivity contribution in [3.63, 3.8) is 0 Å². The van der Waals surface area contributed by atoms with E-state index in [0.29, 0.717) is 18.9 Å². The first-order valence-electron chi connectivity index (χ1n) is 9.11. The first-order valence-corrected chi connectivity index (χ1v) is 10.3. The number of nitrogens with zero attached hydrogens (tertiary/aromatic N) is 2. The fourth-order valence-corrected chi connectivity index (χ4v) is 3.46. The predicted octanol–water partition coefficient (Wildman–Crippen LogP) is 3.28. The third-order valence-corrected chi connectivity index (χ3v) is 4.76. The van der Waals surface area contributed by atoms with Gasteiger partial charge >= 0.3 is 0 Å². The van der Waals surface area contributed by atoms with Gasteiger partial charge in [-0.2, -0.15) is 5.10 Å². The highest BCUT2D eigenvalue weighted by atomic mass is 32.2. The van der Waals surface area contributed by atoms with Crippen molar-refractivity contribution >= 4 is 10.9 Å². The highest BCUT2D eigenvalue weighted by molar-refractivity contribution is 7.70. The lowest BCUT2D eigenvalue weighted by Crippen LogP contribution is -2.12. The molecule has 1 heterocycles. The van der Waals surface area contributed by atoms with Crippen LogP contribution in [0.1, 0.15) is 36.4 Å². The molecule has 27 heavy (non-hydrogen) atoms. The van der Waals surface area contributed by atoms with Crippen molar-refractivity contribution in [1.82, 2.24) is 14.5 Å². The molecule has 3 aromatic rings. The number of rotatable bonds is 8. The molecule has 2 aromatic carbocycles. The Morgan fingerprint density at radius 2 is 1.67 bits per heavy atom. The zero-order valence-corrected chi connectivity index (χ0v) is 16.5. The Kier molecular flexibility index (Phi) is 6.42. The van der Waals surface area contributed by atoms with Gasteiger partial charge in [-0.3, -0.25) is 0 Å². The maximum atomic E-state index is 10.9. The molecule has 0 radical (unpaired) electrons. The normalized spacial score (nSPS) is 11.4. The van der Waals surface area contributed by atoms with Gasteiger partial charge in [0.1, 0.15) is 0 Å². The van der Waals surface area contributed by atoms with Crippen molar-refractivity contribution in [2.45, 2.75) is 33.2 Å². The topological polar surface area (TPSA) is 64.0 Å². The molecule has 0 aliphatic rings. The number of aromatic nitrogens is 2. The van der Waals surface area contributed by atoms with Crippen LogP contribution in [-0.2, 0) is 30.3 Å². The van der Waals surface area contributed by atoms with Crippen LogP contribution in [0, 0.1) is 5.92 Å². The molecular formula is C21H25N3O2S. The van der Waals surface area contributed by atoms with Crippen LogP contribution in [0.15, 0.2) is 60.7 Å². The summed E-state index contributed by atoms with van der Waals surface area (Å²) in [5.41, 5.74) is 5.27. The maximum Gasteiger partial charge on any atom is 0.201 e. The Balaban J connectivity index is 1.91. The SMILES string of the molecule is CC(C)Cc1cc(Cc2ccccc2CN[SH](=O)=O)nn1-c1ccccc1. The van der Waals surface area contributed by atoms with Gasteiger partial charge in [0.15, 0.2) is 0 Å². The van der Waals surface area contributed by atoms with E-state index in [1.54, 1.807) is 0 Å². The van der Waals surface area contributed by atoms with Gasteiger partial charge in [-0.25, -0.2) is 17.8 Å². The van der Waals surface area contributed by atoms with Crippen molar-refractivity contribution < 1.29 is 8.42 Å². The second-order valence-corrected chi connectivity index (χ2v) is 7.84. The Morgan fingerprint density at radius 1 is 1.00 bits per heavy atom. The summed E-state index contributed by atoms with van der Waals surface area (Å²) in [6.07, 6.45) is 1.61. The average Bonchev–Trinajstić information content (AvgIpc) is 3.03. The van der Waals surface area contributed by atoms with Crippen LogP contribution in [0.4, 0.5) is 0 Å². The average molecular weight is 384 g/mol. The number of hydrogen-bond acceptors (Lipinski definition) is 3. The fraction of sp³-hybridized carbons (Fsp3) is 0.286. The third-order valence-electron chi connectivity index (χ3n) is 4.34. The first kappa shape index (κ1) is 19.3. The van der Waals surface area contributed by atoms with Crippen molar-refractivity contribution in [3.05, 3.63) is 83.2 Å². The van der Waals surface area contributed by atoms with Gasteiger partial charge in [0.25, 0.3) is 0 Å². The first-order chi connectivity index (χ1) is 13.0. The quantitative estimate of drug-likeness (QED) is 0.587. The van der Waals surface area contributed by atoms with Crippen molar-refractivity contribution in [3.8, 4) is 5.69 Å². The highest BCUT2D eigenvalue weighted by Crippen LogP contribution is 2.20. The summed E-state index contributed by atoms with van der Waals surface area (Å²) in [4.78, 5) is 0. The van der Waals surface area contributed by atoms with Crippen molar-refractivity contribution in [2.24, 2.45) is 5.92 Å². The molecule has 6 heteroatoms. The second-order valence-electron chi connectivity index (χ2n) is 7.01. The van der Waals surface area contributed by atoms with Crippen LogP contribution in [0.25, 0.3) is 5.69 Å². The predicted molar refractivity (Wildman–Crippen MR) is 109 cm³/mol. The van der Waals surface area contributed by atoms with E-state index in [9.17, 15) is 8.42 Å². The van der Waals surface area contributed by atoms with Crippen molar-refractivity contribution in [2.75, 3.05) is 0 Å². The standard InChI is InChI=1S/C21H25N3O2S/c1-16(2)12-21-14-19(23-24(21)20-10-4-3-5-11-20)13-17-8-6-7-9-18(17)15-22-27(25)26/h3-11,14,16,27H,12-13,15H2,1-2H3,(H,22,25,26). The number of thiol groups is 1. The molecular weight excluding hydrogens is 358 g/mol. The Bertz CT molecular complexity index is 955. The summed E-state index contributed by atoms with van der Waals surface area (Å²) >= 11 is 0. The number of benzene rings is 2. The lowest BCUT2D eigenvalue weighted by Gasteiger charge is -2.09. The van der Waals surface area contributed by atoms with Crippen LogP contribution in [0.3, 0.4) is 0 Å². The molecule has 1 aromatic heterocycles. The summed E-state index contributed by atoms with van der Waals surface area (Å²) < 4.78 is 26.2. The van der Waals surface area contributed by atoms with Crippen LogP contribution < -0.4 is 4.72 Å². The molecule has 0 atom stereocenters. The molecule has 3 rings (SSSR count).